The van der Waals surface area contributed by atoms with Gasteiger partial charge in [-0.3, -0.25) is 4.79 Å². The lowest BCUT2D eigenvalue weighted by atomic mass is 9.78. The lowest BCUT2D eigenvalue weighted by Gasteiger charge is -2.40. The highest BCUT2D eigenvalue weighted by Crippen LogP contribution is 2.33. The van der Waals surface area contributed by atoms with Crippen molar-refractivity contribution in [3.8, 4) is 0 Å². The second kappa shape index (κ2) is 4.59. The first-order chi connectivity index (χ1) is 7.15. The molecule has 1 fully saturated rings. The summed E-state index contributed by atoms with van der Waals surface area (Å²) in [4.78, 5) is 11.9. The molecule has 2 rings (SSSR count). The second-order valence-corrected chi connectivity index (χ2v) is 6.93. The first-order valence-electron chi connectivity index (χ1n) is 4.78. The molecule has 1 N–H and O–H groups in total. The van der Waals surface area contributed by atoms with Crippen LogP contribution >= 0.6 is 45.5 Å². The van der Waals surface area contributed by atoms with Crippen LogP contribution < -0.4 is 5.32 Å². The van der Waals surface area contributed by atoms with Crippen molar-refractivity contribution in [2.45, 2.75) is 24.8 Å². The Hall–Kier alpha value is 0.190. The zero-order valence-corrected chi connectivity index (χ0v) is 11.8. The van der Waals surface area contributed by atoms with Gasteiger partial charge in [-0.05, 0) is 47.9 Å². The fraction of sp³-hybridized carbons (Fsp3) is 0.500. The van der Waals surface area contributed by atoms with Crippen LogP contribution in [-0.2, 0) is 0 Å². The molecule has 0 aliphatic heterocycles. The minimum Gasteiger partial charge on any atom is -0.345 e. The zero-order chi connectivity index (χ0) is 10.9. The second-order valence-electron chi connectivity index (χ2n) is 3.86. The van der Waals surface area contributed by atoms with Gasteiger partial charge >= 0.3 is 0 Å². The van der Waals surface area contributed by atoms with Gasteiger partial charge in [-0.15, -0.1) is 22.9 Å². The molecule has 1 aliphatic carbocycles. The number of alkyl halides is 1. The fourth-order valence-corrected chi connectivity index (χ4v) is 3.30. The van der Waals surface area contributed by atoms with Gasteiger partial charge < -0.3 is 5.32 Å². The van der Waals surface area contributed by atoms with E-state index in [4.69, 9.17) is 11.6 Å². The van der Waals surface area contributed by atoms with E-state index in [2.05, 4.69) is 27.9 Å². The lowest BCUT2D eigenvalue weighted by Crippen LogP contribution is -2.54. The molecule has 2 nitrogen and oxygen atoms in total. The number of hydrogen-bond donors (Lipinski definition) is 1. The summed E-state index contributed by atoms with van der Waals surface area (Å²) < 4.78 is 1.13. The van der Waals surface area contributed by atoms with Gasteiger partial charge in [0.25, 0.3) is 5.91 Å². The fourth-order valence-electron chi connectivity index (χ4n) is 1.64. The van der Waals surface area contributed by atoms with Crippen LogP contribution in [0.4, 0.5) is 0 Å². The molecule has 1 aromatic rings. The summed E-state index contributed by atoms with van der Waals surface area (Å²) in [5, 5.41) is 4.93. The molecular formula is C10H11ClINOS. The number of thiophene rings is 1. The Morgan fingerprint density at radius 1 is 1.67 bits per heavy atom. The quantitative estimate of drug-likeness (QED) is 0.654. The van der Waals surface area contributed by atoms with Crippen LogP contribution in [0.5, 0.6) is 0 Å². The Kier molecular flexibility index (Phi) is 3.57. The molecule has 1 aliphatic rings. The Bertz CT molecular complexity index is 370. The zero-order valence-electron chi connectivity index (χ0n) is 8.06. The predicted octanol–water partition coefficient (Wildman–Crippen LogP) is 3.24. The van der Waals surface area contributed by atoms with Gasteiger partial charge in [-0.2, -0.15) is 0 Å². The van der Waals surface area contributed by atoms with Crippen molar-refractivity contribution < 1.29 is 4.79 Å². The number of nitrogens with one attached hydrogen (secondary N) is 1. The summed E-state index contributed by atoms with van der Waals surface area (Å²) in [5.41, 5.74) is 0.618. The summed E-state index contributed by atoms with van der Waals surface area (Å²) in [7, 11) is 0. The van der Waals surface area contributed by atoms with E-state index in [1.165, 1.54) is 0 Å². The van der Waals surface area contributed by atoms with E-state index in [1.54, 1.807) is 11.3 Å². The Morgan fingerprint density at radius 2 is 2.40 bits per heavy atom. The van der Waals surface area contributed by atoms with Gasteiger partial charge in [0.15, 0.2) is 0 Å². The van der Waals surface area contributed by atoms with E-state index in [0.29, 0.717) is 5.88 Å². The molecule has 1 aromatic heterocycles. The summed E-state index contributed by atoms with van der Waals surface area (Å²) in [5.74, 6) is 0.523. The average molecular weight is 356 g/mol. The minimum absolute atomic E-state index is 0.00881. The number of amides is 1. The summed E-state index contributed by atoms with van der Waals surface area (Å²) in [6, 6.07) is 1.90. The van der Waals surface area contributed by atoms with E-state index in [9.17, 15) is 4.79 Å². The number of halogens is 2. The first kappa shape index (κ1) is 11.7. The topological polar surface area (TPSA) is 29.1 Å². The molecule has 1 heterocycles. The van der Waals surface area contributed by atoms with Gasteiger partial charge in [-0.1, -0.05) is 0 Å². The van der Waals surface area contributed by atoms with Crippen LogP contribution in [0.2, 0.25) is 0 Å². The van der Waals surface area contributed by atoms with Crippen LogP contribution in [0.1, 0.15) is 29.6 Å². The lowest BCUT2D eigenvalue weighted by molar-refractivity contribution is 0.0854. The molecule has 0 unspecified atom stereocenters. The highest BCUT2D eigenvalue weighted by Gasteiger charge is 2.37. The number of carbonyl (C=O) groups excluding carboxylic acids is 1. The van der Waals surface area contributed by atoms with Crippen molar-refractivity contribution in [2.75, 3.05) is 5.88 Å². The summed E-state index contributed by atoms with van der Waals surface area (Å²) >= 11 is 9.68. The normalized spacial score (nSPS) is 18.3. The van der Waals surface area contributed by atoms with Crippen molar-refractivity contribution in [1.29, 1.82) is 0 Å². The van der Waals surface area contributed by atoms with Crippen LogP contribution in [0, 0.1) is 2.88 Å². The third-order valence-electron chi connectivity index (χ3n) is 2.77. The van der Waals surface area contributed by atoms with E-state index >= 15 is 0 Å². The average Bonchev–Trinajstić information content (AvgIpc) is 2.58. The summed E-state index contributed by atoms with van der Waals surface area (Å²) in [6.45, 7) is 0. The molecule has 0 atom stereocenters. The highest BCUT2D eigenvalue weighted by molar-refractivity contribution is 14.1. The highest BCUT2D eigenvalue weighted by atomic mass is 127. The van der Waals surface area contributed by atoms with Crippen molar-refractivity contribution in [3.63, 3.8) is 0 Å². The first-order valence-corrected chi connectivity index (χ1v) is 7.27. The Balaban J connectivity index is 2.03. The van der Waals surface area contributed by atoms with Crippen molar-refractivity contribution in [1.82, 2.24) is 5.32 Å². The van der Waals surface area contributed by atoms with Gasteiger partial charge in [0.05, 0.1) is 14.0 Å². The van der Waals surface area contributed by atoms with Gasteiger partial charge in [0, 0.05) is 11.3 Å². The largest absolute Gasteiger partial charge is 0.345 e. The smallest absolute Gasteiger partial charge is 0.252 e. The third kappa shape index (κ3) is 2.47. The predicted molar refractivity (Wildman–Crippen MR) is 71.8 cm³/mol. The van der Waals surface area contributed by atoms with Crippen molar-refractivity contribution in [2.24, 2.45) is 0 Å². The maximum atomic E-state index is 11.9. The Morgan fingerprint density at radius 3 is 2.80 bits per heavy atom. The molecule has 0 radical (unpaired) electrons. The Labute approximate surface area is 112 Å². The van der Waals surface area contributed by atoms with E-state index in [1.807, 2.05) is 11.4 Å². The minimum atomic E-state index is -0.133. The maximum Gasteiger partial charge on any atom is 0.252 e. The van der Waals surface area contributed by atoms with Crippen LogP contribution in [0.3, 0.4) is 0 Å². The molecule has 0 aromatic carbocycles. The molecule has 82 valence electrons. The maximum absolute atomic E-state index is 11.9. The van der Waals surface area contributed by atoms with Gasteiger partial charge in [-0.25, -0.2) is 0 Å². The molecule has 5 heteroatoms. The summed E-state index contributed by atoms with van der Waals surface area (Å²) in [6.07, 6.45) is 3.17. The molecule has 0 bridgehead atoms. The van der Waals surface area contributed by atoms with E-state index in [0.717, 1.165) is 27.7 Å². The SMILES string of the molecule is O=C(NC1(CCl)CCC1)c1csc(I)c1. The molecule has 15 heavy (non-hydrogen) atoms. The van der Waals surface area contributed by atoms with Crippen LogP contribution in [0.15, 0.2) is 11.4 Å². The van der Waals surface area contributed by atoms with E-state index < -0.39 is 0 Å². The monoisotopic (exact) mass is 355 g/mol. The molecule has 0 spiro atoms. The van der Waals surface area contributed by atoms with Crippen molar-refractivity contribution >= 4 is 51.4 Å². The van der Waals surface area contributed by atoms with Crippen LogP contribution in [0.25, 0.3) is 0 Å². The molecule has 1 amide bonds. The molecule has 1 saturated carbocycles. The standard InChI is InChI=1S/C10H11ClINOS/c11-6-10(2-1-3-10)13-9(14)7-4-8(12)15-5-7/h4-5H,1-3,6H2,(H,13,14). The van der Waals surface area contributed by atoms with Gasteiger partial charge in [0.1, 0.15) is 0 Å². The van der Waals surface area contributed by atoms with Crippen LogP contribution in [-0.4, -0.2) is 17.3 Å². The van der Waals surface area contributed by atoms with Crippen molar-refractivity contribution in [3.05, 3.63) is 19.9 Å². The number of rotatable bonds is 3. The van der Waals surface area contributed by atoms with E-state index in [-0.39, 0.29) is 11.4 Å². The van der Waals surface area contributed by atoms with Gasteiger partial charge in [0.2, 0.25) is 0 Å². The molecular weight excluding hydrogens is 345 g/mol. The number of carbonyl (C=O) groups is 1. The molecule has 0 saturated heterocycles. The third-order valence-corrected chi connectivity index (χ3v) is 5.08. The number of hydrogen-bond acceptors (Lipinski definition) is 2.